The molecule has 1 N–H and O–H groups in total. The lowest BCUT2D eigenvalue weighted by molar-refractivity contribution is -0.154. The lowest BCUT2D eigenvalue weighted by atomic mass is 9.71. The molecular formula is C29H46N2O5S. The van der Waals surface area contributed by atoms with Gasteiger partial charge in [0.25, 0.3) is 0 Å². The molecule has 6 atom stereocenters. The molecule has 2 bridgehead atoms. The highest BCUT2D eigenvalue weighted by Crippen LogP contribution is 2.67. The number of hydrogen-bond donors (Lipinski definition) is 1. The number of unbranched alkanes of at least 4 members (excludes halogenated alkanes) is 2. The predicted octanol–water partition coefficient (Wildman–Crippen LogP) is 4.20. The van der Waals surface area contributed by atoms with Gasteiger partial charge in [0, 0.05) is 17.3 Å². The maximum Gasteiger partial charge on any atom is 0.310 e. The number of hydrogen-bond acceptors (Lipinski definition) is 6. The van der Waals surface area contributed by atoms with Gasteiger partial charge >= 0.3 is 5.97 Å². The number of thioether (sulfide) groups is 1. The summed E-state index contributed by atoms with van der Waals surface area (Å²) in [5.74, 6) is -1.59. The zero-order valence-electron chi connectivity index (χ0n) is 23.3. The molecule has 3 heterocycles. The minimum atomic E-state index is -0.736. The molecule has 3 aliphatic rings. The minimum Gasteiger partial charge on any atom is -0.465 e. The SMILES string of the molecule is C=CCCCCOC(=O)[C@@H]1[C@H]2C(=O)N([C@@H](CO)CC(C)C)C(C(=O)N(CC=C)C(C)(C)C)C23CC[C@H]1S3. The molecule has 37 heavy (non-hydrogen) atoms. The van der Waals surface area contributed by atoms with E-state index < -0.39 is 34.2 Å². The average Bonchev–Trinajstić information content (AvgIpc) is 3.47. The summed E-state index contributed by atoms with van der Waals surface area (Å²) in [5, 5.41) is 10.4. The smallest absolute Gasteiger partial charge is 0.310 e. The van der Waals surface area contributed by atoms with Crippen LogP contribution in [-0.4, -0.2) is 80.1 Å². The molecule has 7 nitrogen and oxygen atoms in total. The Labute approximate surface area is 227 Å². The van der Waals surface area contributed by atoms with Crippen molar-refractivity contribution in [3.8, 4) is 0 Å². The number of allylic oxidation sites excluding steroid dienone is 1. The van der Waals surface area contributed by atoms with E-state index in [1.54, 1.807) is 27.6 Å². The van der Waals surface area contributed by atoms with Crippen LogP contribution in [0.1, 0.15) is 73.1 Å². The Kier molecular flexibility index (Phi) is 9.60. The second kappa shape index (κ2) is 11.9. The molecule has 0 aromatic heterocycles. The molecule has 3 fully saturated rings. The van der Waals surface area contributed by atoms with E-state index in [2.05, 4.69) is 13.2 Å². The Morgan fingerprint density at radius 1 is 1.27 bits per heavy atom. The fourth-order valence-electron chi connectivity index (χ4n) is 6.48. The molecule has 208 valence electrons. The minimum absolute atomic E-state index is 0.0350. The van der Waals surface area contributed by atoms with Crippen molar-refractivity contribution in [2.45, 2.75) is 101 Å². The zero-order chi connectivity index (χ0) is 27.5. The molecule has 3 rings (SSSR count). The number of rotatable bonds is 13. The van der Waals surface area contributed by atoms with E-state index >= 15 is 0 Å². The Morgan fingerprint density at radius 3 is 2.54 bits per heavy atom. The van der Waals surface area contributed by atoms with Gasteiger partial charge in [-0.25, -0.2) is 0 Å². The van der Waals surface area contributed by atoms with E-state index in [9.17, 15) is 19.5 Å². The molecule has 0 radical (unpaired) electrons. The van der Waals surface area contributed by atoms with Crippen molar-refractivity contribution in [1.29, 1.82) is 0 Å². The van der Waals surface area contributed by atoms with Crippen LogP contribution in [0.4, 0.5) is 0 Å². The maximum atomic E-state index is 14.4. The Hall–Kier alpha value is -1.80. The van der Waals surface area contributed by atoms with Gasteiger partial charge < -0.3 is 19.6 Å². The first-order chi connectivity index (χ1) is 17.4. The summed E-state index contributed by atoms with van der Waals surface area (Å²) in [5.41, 5.74) is -0.480. The monoisotopic (exact) mass is 534 g/mol. The summed E-state index contributed by atoms with van der Waals surface area (Å²) in [6, 6.07) is -1.22. The molecule has 3 saturated heterocycles. The predicted molar refractivity (Wildman–Crippen MR) is 148 cm³/mol. The number of amides is 2. The largest absolute Gasteiger partial charge is 0.465 e. The highest BCUT2D eigenvalue weighted by Gasteiger charge is 2.75. The Bertz CT molecular complexity index is 884. The zero-order valence-corrected chi connectivity index (χ0v) is 24.1. The standard InChI is InChI=1S/C29H46N2O5S/c1-8-10-11-12-16-36-27(35)22-21-13-14-29(37-21)23(22)25(33)31(20(18-32)17-19(3)4)24(29)26(34)30(15-9-2)28(5,6)7/h8-9,19-24,32H,1-2,10-18H2,3-7H3/t20-,21-,22+,23+,24?,29?/m1/s1. The summed E-state index contributed by atoms with van der Waals surface area (Å²) in [7, 11) is 0. The lowest BCUT2D eigenvalue weighted by Crippen LogP contribution is -2.60. The van der Waals surface area contributed by atoms with Gasteiger partial charge in [-0.1, -0.05) is 26.0 Å². The second-order valence-corrected chi connectivity index (χ2v) is 13.7. The van der Waals surface area contributed by atoms with Crippen molar-refractivity contribution in [2.75, 3.05) is 19.8 Å². The number of nitrogens with zero attached hydrogens (tertiary/aromatic N) is 2. The highest BCUT2D eigenvalue weighted by atomic mass is 32.2. The first kappa shape index (κ1) is 29.8. The number of carbonyl (C=O) groups is 3. The first-order valence-corrected chi connectivity index (χ1v) is 14.6. The highest BCUT2D eigenvalue weighted by molar-refractivity contribution is 8.02. The number of ether oxygens (including phenoxy) is 1. The molecular weight excluding hydrogens is 488 g/mol. The summed E-state index contributed by atoms with van der Waals surface area (Å²) >= 11 is 1.64. The molecule has 0 aromatic carbocycles. The van der Waals surface area contributed by atoms with E-state index in [0.29, 0.717) is 26.0 Å². The molecule has 0 aliphatic carbocycles. The van der Waals surface area contributed by atoms with Gasteiger partial charge in [0.1, 0.15) is 6.04 Å². The number of likely N-dealkylation sites (tertiary alicyclic amines) is 1. The van der Waals surface area contributed by atoms with Crippen LogP contribution < -0.4 is 0 Å². The lowest BCUT2D eigenvalue weighted by Gasteiger charge is -2.43. The molecule has 2 amide bonds. The first-order valence-electron chi connectivity index (χ1n) is 13.7. The van der Waals surface area contributed by atoms with Crippen LogP contribution in [0.5, 0.6) is 0 Å². The second-order valence-electron chi connectivity index (χ2n) is 12.1. The molecule has 0 saturated carbocycles. The van der Waals surface area contributed by atoms with E-state index in [1.165, 1.54) is 0 Å². The molecule has 8 heteroatoms. The summed E-state index contributed by atoms with van der Waals surface area (Å²) in [4.78, 5) is 45.4. The molecule has 0 aromatic rings. The van der Waals surface area contributed by atoms with Gasteiger partial charge in [0.05, 0.1) is 35.8 Å². The van der Waals surface area contributed by atoms with Gasteiger partial charge in [-0.2, -0.15) is 0 Å². The van der Waals surface area contributed by atoms with Crippen LogP contribution in [0.2, 0.25) is 0 Å². The summed E-state index contributed by atoms with van der Waals surface area (Å²) in [6.45, 7) is 18.1. The van der Waals surface area contributed by atoms with E-state index in [1.807, 2.05) is 40.7 Å². The molecule has 1 spiro atoms. The van der Waals surface area contributed by atoms with E-state index in [-0.39, 0.29) is 35.6 Å². The fraction of sp³-hybridized carbons (Fsp3) is 0.759. The third-order valence-electron chi connectivity index (χ3n) is 8.03. The van der Waals surface area contributed by atoms with Crippen molar-refractivity contribution < 1.29 is 24.2 Å². The van der Waals surface area contributed by atoms with Crippen molar-refractivity contribution in [3.05, 3.63) is 25.3 Å². The number of aliphatic hydroxyl groups is 1. The van der Waals surface area contributed by atoms with Gasteiger partial charge in [0.15, 0.2) is 0 Å². The topological polar surface area (TPSA) is 87.1 Å². The van der Waals surface area contributed by atoms with Crippen LogP contribution >= 0.6 is 11.8 Å². The third kappa shape index (κ3) is 5.65. The van der Waals surface area contributed by atoms with Crippen molar-refractivity contribution in [1.82, 2.24) is 9.80 Å². The van der Waals surface area contributed by atoms with Gasteiger partial charge in [-0.05, 0) is 65.2 Å². The van der Waals surface area contributed by atoms with E-state index in [4.69, 9.17) is 4.74 Å². The average molecular weight is 535 g/mol. The van der Waals surface area contributed by atoms with Crippen LogP contribution in [-0.2, 0) is 19.1 Å². The Morgan fingerprint density at radius 2 is 1.97 bits per heavy atom. The van der Waals surface area contributed by atoms with Crippen LogP contribution in [0.3, 0.4) is 0 Å². The number of fused-ring (bicyclic) bond motifs is 1. The Balaban J connectivity index is 2.00. The quantitative estimate of drug-likeness (QED) is 0.217. The van der Waals surface area contributed by atoms with Crippen LogP contribution in [0.25, 0.3) is 0 Å². The van der Waals surface area contributed by atoms with Crippen molar-refractivity contribution >= 4 is 29.5 Å². The molecule has 3 aliphatic heterocycles. The number of aliphatic hydroxyl groups excluding tert-OH is 1. The van der Waals surface area contributed by atoms with Crippen LogP contribution in [0, 0.1) is 17.8 Å². The normalized spacial score (nSPS) is 29.4. The summed E-state index contributed by atoms with van der Waals surface area (Å²) in [6.07, 6.45) is 8.13. The van der Waals surface area contributed by atoms with Crippen molar-refractivity contribution in [3.63, 3.8) is 0 Å². The van der Waals surface area contributed by atoms with Crippen molar-refractivity contribution in [2.24, 2.45) is 17.8 Å². The van der Waals surface area contributed by atoms with E-state index in [0.717, 1.165) is 25.7 Å². The van der Waals surface area contributed by atoms with Gasteiger partial charge in [-0.15, -0.1) is 24.9 Å². The summed E-state index contributed by atoms with van der Waals surface area (Å²) < 4.78 is 4.99. The van der Waals surface area contributed by atoms with Gasteiger partial charge in [-0.3, -0.25) is 14.4 Å². The van der Waals surface area contributed by atoms with Gasteiger partial charge in [0.2, 0.25) is 11.8 Å². The number of carbonyl (C=O) groups excluding carboxylic acids is 3. The fourth-order valence-corrected chi connectivity index (χ4v) is 8.67. The van der Waals surface area contributed by atoms with Crippen LogP contribution in [0.15, 0.2) is 25.3 Å². The third-order valence-corrected chi connectivity index (χ3v) is 9.98. The number of esters is 1. The molecule has 2 unspecified atom stereocenters. The maximum absolute atomic E-state index is 14.4.